The fourth-order valence-electron chi connectivity index (χ4n) is 3.52. The lowest BCUT2D eigenvalue weighted by Gasteiger charge is -2.25. The molecule has 2 aromatic carbocycles. The molecule has 4 rings (SSSR count). The van der Waals surface area contributed by atoms with Gasteiger partial charge in [0.25, 0.3) is 0 Å². The van der Waals surface area contributed by atoms with Gasteiger partial charge in [0.15, 0.2) is 0 Å². The maximum absolute atomic E-state index is 11.7. The minimum absolute atomic E-state index is 0.185. The summed E-state index contributed by atoms with van der Waals surface area (Å²) in [5, 5.41) is 0. The smallest absolute Gasteiger partial charge is 0.150 e. The van der Waals surface area contributed by atoms with Crippen LogP contribution >= 0.6 is 0 Å². The van der Waals surface area contributed by atoms with E-state index in [0.717, 1.165) is 22.5 Å². The molecule has 128 valence electrons. The summed E-state index contributed by atoms with van der Waals surface area (Å²) in [4.78, 5) is 4.60. The molecule has 3 aromatic rings. The molecule has 4 nitrogen and oxygen atoms in total. The van der Waals surface area contributed by atoms with E-state index in [1.54, 1.807) is 6.20 Å². The first-order chi connectivity index (χ1) is 12.1. The summed E-state index contributed by atoms with van der Waals surface area (Å²) >= 11 is 0. The van der Waals surface area contributed by atoms with Gasteiger partial charge < -0.3 is 4.57 Å². The van der Waals surface area contributed by atoms with Crippen LogP contribution in [0.1, 0.15) is 18.9 Å². The molecule has 0 bridgehead atoms. The molecule has 1 aromatic heterocycles. The molecule has 0 N–H and O–H groups in total. The van der Waals surface area contributed by atoms with E-state index in [1.165, 1.54) is 0 Å². The highest BCUT2D eigenvalue weighted by molar-refractivity contribution is 7.91. The van der Waals surface area contributed by atoms with Crippen LogP contribution in [0.3, 0.4) is 0 Å². The zero-order valence-corrected chi connectivity index (χ0v) is 14.7. The van der Waals surface area contributed by atoms with Crippen LogP contribution in [0, 0.1) is 0 Å². The number of hydrogen-bond donors (Lipinski definition) is 0. The van der Waals surface area contributed by atoms with Crippen LogP contribution in [0.5, 0.6) is 0 Å². The summed E-state index contributed by atoms with van der Waals surface area (Å²) in [6.07, 6.45) is 5.08. The van der Waals surface area contributed by atoms with Gasteiger partial charge in [0.1, 0.15) is 15.7 Å². The lowest BCUT2D eigenvalue weighted by Crippen LogP contribution is -2.25. The van der Waals surface area contributed by atoms with Crippen molar-refractivity contribution in [1.29, 1.82) is 0 Å². The molecule has 0 unspecified atom stereocenters. The number of hydrogen-bond acceptors (Lipinski definition) is 3. The van der Waals surface area contributed by atoms with E-state index in [4.69, 9.17) is 0 Å². The summed E-state index contributed by atoms with van der Waals surface area (Å²) in [5.74, 6) is 1.43. The number of aromatic nitrogens is 2. The number of sulfone groups is 1. The van der Waals surface area contributed by atoms with Crippen molar-refractivity contribution in [2.45, 2.75) is 18.9 Å². The Morgan fingerprint density at radius 2 is 1.52 bits per heavy atom. The molecule has 0 spiro atoms. The Bertz CT molecular complexity index is 964. The van der Waals surface area contributed by atoms with Gasteiger partial charge in [0.2, 0.25) is 0 Å². The summed E-state index contributed by atoms with van der Waals surface area (Å²) in [6, 6.07) is 18.7. The first-order valence-electron chi connectivity index (χ1n) is 8.52. The third-order valence-electron chi connectivity index (χ3n) is 4.84. The van der Waals surface area contributed by atoms with Crippen molar-refractivity contribution in [3.8, 4) is 22.5 Å². The Balaban J connectivity index is 1.75. The van der Waals surface area contributed by atoms with Crippen LogP contribution in [-0.2, 0) is 9.84 Å². The van der Waals surface area contributed by atoms with E-state index < -0.39 is 9.84 Å². The predicted octanol–water partition coefficient (Wildman–Crippen LogP) is 3.97. The highest BCUT2D eigenvalue weighted by Gasteiger charge is 2.26. The van der Waals surface area contributed by atoms with Crippen LogP contribution < -0.4 is 0 Å². The molecule has 1 fully saturated rings. The lowest BCUT2D eigenvalue weighted by atomic mass is 9.99. The van der Waals surface area contributed by atoms with Crippen LogP contribution in [-0.4, -0.2) is 29.5 Å². The molecule has 0 radical (unpaired) electrons. The topological polar surface area (TPSA) is 52.0 Å². The van der Waals surface area contributed by atoms with Crippen molar-refractivity contribution in [2.75, 3.05) is 11.5 Å². The average molecular weight is 352 g/mol. The summed E-state index contributed by atoms with van der Waals surface area (Å²) in [6.45, 7) is 0. The summed E-state index contributed by atoms with van der Waals surface area (Å²) in [5.41, 5.74) is 3.37. The van der Waals surface area contributed by atoms with Crippen molar-refractivity contribution >= 4 is 9.84 Å². The fourth-order valence-corrected chi connectivity index (χ4v) is 4.99. The zero-order chi connectivity index (χ0) is 17.3. The van der Waals surface area contributed by atoms with Gasteiger partial charge in [-0.2, -0.15) is 0 Å². The Morgan fingerprint density at radius 1 is 0.880 bits per heavy atom. The standard InChI is InChI=1S/C20H20N2O2S/c23-25(24)14-10-17(11-15-25)22-13-12-21-20(22)19-9-5-4-8-18(19)16-6-2-1-3-7-16/h1-9,12-13,17H,10-11,14-15H2. The SMILES string of the molecule is O=S1(=O)CCC(n2ccnc2-c2ccccc2-c2ccccc2)CC1. The Hall–Kier alpha value is -2.40. The highest BCUT2D eigenvalue weighted by Crippen LogP contribution is 2.34. The van der Waals surface area contributed by atoms with E-state index in [2.05, 4.69) is 33.8 Å². The molecule has 0 aliphatic carbocycles. The van der Waals surface area contributed by atoms with Gasteiger partial charge in [0, 0.05) is 24.0 Å². The zero-order valence-electron chi connectivity index (χ0n) is 13.9. The van der Waals surface area contributed by atoms with Gasteiger partial charge in [-0.1, -0.05) is 54.6 Å². The van der Waals surface area contributed by atoms with Crippen molar-refractivity contribution in [1.82, 2.24) is 9.55 Å². The summed E-state index contributed by atoms with van der Waals surface area (Å²) < 4.78 is 25.6. The van der Waals surface area contributed by atoms with Crippen molar-refractivity contribution in [3.63, 3.8) is 0 Å². The van der Waals surface area contributed by atoms with Gasteiger partial charge in [-0.3, -0.25) is 0 Å². The number of benzene rings is 2. The van der Waals surface area contributed by atoms with Crippen LogP contribution in [0.2, 0.25) is 0 Å². The average Bonchev–Trinajstić information content (AvgIpc) is 3.12. The Kier molecular flexibility index (Phi) is 4.17. The molecule has 5 heteroatoms. The van der Waals surface area contributed by atoms with Gasteiger partial charge in [0.05, 0.1) is 11.5 Å². The monoisotopic (exact) mass is 352 g/mol. The first kappa shape index (κ1) is 16.1. The molecule has 0 amide bonds. The second kappa shape index (κ2) is 6.48. The van der Waals surface area contributed by atoms with Gasteiger partial charge in [-0.05, 0) is 24.0 Å². The van der Waals surface area contributed by atoms with Gasteiger partial charge in [-0.25, -0.2) is 13.4 Å². The predicted molar refractivity (Wildman–Crippen MR) is 100 cm³/mol. The quantitative estimate of drug-likeness (QED) is 0.717. The number of imidazole rings is 1. The Morgan fingerprint density at radius 3 is 2.24 bits per heavy atom. The van der Waals surface area contributed by atoms with Gasteiger partial charge >= 0.3 is 0 Å². The van der Waals surface area contributed by atoms with Gasteiger partial charge in [-0.15, -0.1) is 0 Å². The largest absolute Gasteiger partial charge is 0.328 e. The van der Waals surface area contributed by atoms with Crippen molar-refractivity contribution < 1.29 is 8.42 Å². The number of nitrogens with zero attached hydrogens (tertiary/aromatic N) is 2. The fraction of sp³-hybridized carbons (Fsp3) is 0.250. The highest BCUT2D eigenvalue weighted by atomic mass is 32.2. The van der Waals surface area contributed by atoms with E-state index in [0.29, 0.717) is 12.8 Å². The molecular weight excluding hydrogens is 332 g/mol. The Labute approximate surface area is 148 Å². The lowest BCUT2D eigenvalue weighted by molar-refractivity contribution is 0.453. The second-order valence-corrected chi connectivity index (χ2v) is 8.76. The van der Waals surface area contributed by atoms with Crippen molar-refractivity contribution in [2.24, 2.45) is 0 Å². The molecule has 1 aliphatic rings. The minimum atomic E-state index is -2.87. The first-order valence-corrected chi connectivity index (χ1v) is 10.3. The third kappa shape index (κ3) is 3.24. The molecule has 2 heterocycles. The molecule has 0 atom stereocenters. The van der Waals surface area contributed by atoms with Crippen LogP contribution in [0.4, 0.5) is 0 Å². The van der Waals surface area contributed by atoms with E-state index in [-0.39, 0.29) is 17.5 Å². The number of rotatable bonds is 3. The molecule has 1 saturated heterocycles. The molecule has 0 saturated carbocycles. The minimum Gasteiger partial charge on any atom is -0.328 e. The molecule has 1 aliphatic heterocycles. The van der Waals surface area contributed by atoms with E-state index >= 15 is 0 Å². The maximum atomic E-state index is 11.7. The second-order valence-electron chi connectivity index (χ2n) is 6.45. The van der Waals surface area contributed by atoms with Crippen LogP contribution in [0.15, 0.2) is 67.0 Å². The van der Waals surface area contributed by atoms with Crippen LogP contribution in [0.25, 0.3) is 22.5 Å². The molecule has 25 heavy (non-hydrogen) atoms. The molecular formula is C20H20N2O2S. The van der Waals surface area contributed by atoms with Crippen molar-refractivity contribution in [3.05, 3.63) is 67.0 Å². The van der Waals surface area contributed by atoms with E-state index in [9.17, 15) is 8.42 Å². The van der Waals surface area contributed by atoms with E-state index in [1.807, 2.05) is 36.5 Å². The third-order valence-corrected chi connectivity index (χ3v) is 6.55. The normalized spacial score (nSPS) is 17.4. The summed E-state index contributed by atoms with van der Waals surface area (Å²) in [7, 11) is -2.87. The maximum Gasteiger partial charge on any atom is 0.150 e.